The molecular formula is C24H27N3O5S. The smallest absolute Gasteiger partial charge is 0.412 e. The highest BCUT2D eigenvalue weighted by atomic mass is 32.1. The van der Waals surface area contributed by atoms with E-state index in [0.717, 1.165) is 16.8 Å². The lowest BCUT2D eigenvalue weighted by Gasteiger charge is -2.20. The van der Waals surface area contributed by atoms with Crippen molar-refractivity contribution in [1.29, 1.82) is 0 Å². The van der Waals surface area contributed by atoms with Crippen LogP contribution in [0.4, 0.5) is 16.2 Å². The molecule has 0 bridgehead atoms. The number of thiocarbonyl (C=S) groups is 1. The van der Waals surface area contributed by atoms with E-state index in [1.807, 2.05) is 26.0 Å². The predicted octanol–water partition coefficient (Wildman–Crippen LogP) is 3.58. The van der Waals surface area contributed by atoms with E-state index in [-0.39, 0.29) is 30.6 Å². The van der Waals surface area contributed by atoms with Gasteiger partial charge >= 0.3 is 6.09 Å². The number of benzene rings is 2. The van der Waals surface area contributed by atoms with Gasteiger partial charge in [-0.3, -0.25) is 10.1 Å². The van der Waals surface area contributed by atoms with Gasteiger partial charge in [-0.2, -0.15) is 0 Å². The van der Waals surface area contributed by atoms with Crippen LogP contribution in [0.3, 0.4) is 0 Å². The first-order valence-electron chi connectivity index (χ1n) is 10.8. The van der Waals surface area contributed by atoms with Crippen molar-refractivity contribution in [2.45, 2.75) is 45.1 Å². The molecule has 0 radical (unpaired) electrons. The largest absolute Gasteiger partial charge is 0.441 e. The Morgan fingerprint density at radius 3 is 2.42 bits per heavy atom. The SMILES string of the molecule is CC(=O)c1cccc(NC(=O)O[C@@H]2CO[C@H]3[C@@H]2OC[C@@H]3NC(=S)Nc2cc(C)cc(C)c2)c1. The molecule has 174 valence electrons. The zero-order valence-electron chi connectivity index (χ0n) is 18.7. The molecule has 9 heteroatoms. The molecule has 2 saturated heterocycles. The minimum atomic E-state index is -0.628. The van der Waals surface area contributed by atoms with Gasteiger partial charge in [-0.05, 0) is 68.4 Å². The Bertz CT molecular complexity index is 1060. The number of fused-ring (bicyclic) bond motifs is 1. The summed E-state index contributed by atoms with van der Waals surface area (Å²) in [5.41, 5.74) is 4.21. The van der Waals surface area contributed by atoms with Crippen LogP contribution in [-0.4, -0.2) is 54.6 Å². The van der Waals surface area contributed by atoms with Gasteiger partial charge in [0, 0.05) is 16.9 Å². The number of rotatable bonds is 5. The van der Waals surface area contributed by atoms with Crippen LogP contribution in [0, 0.1) is 13.8 Å². The van der Waals surface area contributed by atoms with Gasteiger partial charge in [-0.25, -0.2) is 4.79 Å². The quantitative estimate of drug-likeness (QED) is 0.452. The van der Waals surface area contributed by atoms with E-state index < -0.39 is 12.2 Å². The molecule has 2 aliphatic rings. The first-order chi connectivity index (χ1) is 15.8. The van der Waals surface area contributed by atoms with Crippen molar-refractivity contribution in [2.24, 2.45) is 0 Å². The van der Waals surface area contributed by atoms with E-state index in [1.165, 1.54) is 6.92 Å². The van der Waals surface area contributed by atoms with Crippen molar-refractivity contribution in [3.05, 3.63) is 59.2 Å². The molecule has 2 aromatic rings. The molecule has 0 saturated carbocycles. The zero-order valence-corrected chi connectivity index (χ0v) is 19.5. The maximum absolute atomic E-state index is 12.4. The van der Waals surface area contributed by atoms with Crippen molar-refractivity contribution in [2.75, 3.05) is 23.8 Å². The van der Waals surface area contributed by atoms with Crippen molar-refractivity contribution in [1.82, 2.24) is 5.32 Å². The highest BCUT2D eigenvalue weighted by Gasteiger charge is 2.49. The number of hydrogen-bond donors (Lipinski definition) is 3. The summed E-state index contributed by atoms with van der Waals surface area (Å²) in [5, 5.41) is 9.58. The Balaban J connectivity index is 1.29. The standard InChI is InChI=1S/C24H27N3O5S/c1-13-7-14(2)9-18(8-13)25-23(33)27-19-11-30-22-20(12-31-21(19)22)32-24(29)26-17-6-4-5-16(10-17)15(3)28/h4-10,19-22H,11-12H2,1-3H3,(H,26,29)(H2,25,27,33)/t19-,20+,21+,22+/m0/s1. The van der Waals surface area contributed by atoms with E-state index in [2.05, 4.69) is 22.0 Å². The second-order valence-electron chi connectivity index (χ2n) is 8.38. The number of hydrogen-bond acceptors (Lipinski definition) is 6. The number of carbonyl (C=O) groups is 2. The number of ether oxygens (including phenoxy) is 3. The number of carbonyl (C=O) groups excluding carboxylic acids is 2. The van der Waals surface area contributed by atoms with E-state index in [1.54, 1.807) is 24.3 Å². The van der Waals surface area contributed by atoms with Gasteiger partial charge in [0.25, 0.3) is 0 Å². The molecule has 2 aromatic carbocycles. The van der Waals surface area contributed by atoms with Gasteiger partial charge in [0.05, 0.1) is 19.3 Å². The van der Waals surface area contributed by atoms with Gasteiger partial charge in [0.2, 0.25) is 0 Å². The molecule has 0 aliphatic carbocycles. The van der Waals surface area contributed by atoms with Gasteiger partial charge in [-0.1, -0.05) is 18.2 Å². The van der Waals surface area contributed by atoms with E-state index >= 15 is 0 Å². The molecule has 2 fully saturated rings. The Kier molecular flexibility index (Phi) is 6.92. The number of ketones is 1. The predicted molar refractivity (Wildman–Crippen MR) is 129 cm³/mol. The Labute approximate surface area is 198 Å². The molecule has 2 aliphatic heterocycles. The molecule has 4 rings (SSSR count). The van der Waals surface area contributed by atoms with Crippen LogP contribution >= 0.6 is 12.2 Å². The first kappa shape index (κ1) is 23.2. The van der Waals surface area contributed by atoms with Crippen LogP contribution in [0.1, 0.15) is 28.4 Å². The molecule has 0 unspecified atom stereocenters. The average Bonchev–Trinajstić information content (AvgIpc) is 3.31. The molecule has 0 spiro atoms. The fourth-order valence-corrected chi connectivity index (χ4v) is 4.44. The highest BCUT2D eigenvalue weighted by molar-refractivity contribution is 7.80. The van der Waals surface area contributed by atoms with E-state index in [4.69, 9.17) is 26.4 Å². The molecule has 0 aromatic heterocycles. The average molecular weight is 470 g/mol. The summed E-state index contributed by atoms with van der Waals surface area (Å²) in [4.78, 5) is 23.9. The Hall–Kier alpha value is -3.01. The second kappa shape index (κ2) is 9.86. The second-order valence-corrected chi connectivity index (χ2v) is 8.79. The molecule has 33 heavy (non-hydrogen) atoms. The van der Waals surface area contributed by atoms with Crippen molar-refractivity contribution in [3.63, 3.8) is 0 Å². The third-order valence-electron chi connectivity index (χ3n) is 5.58. The van der Waals surface area contributed by atoms with Crippen LogP contribution in [0.25, 0.3) is 0 Å². The molecule has 8 nitrogen and oxygen atoms in total. The fraction of sp³-hybridized carbons (Fsp3) is 0.375. The van der Waals surface area contributed by atoms with Crippen LogP contribution < -0.4 is 16.0 Å². The third-order valence-corrected chi connectivity index (χ3v) is 5.80. The molecule has 4 atom stereocenters. The van der Waals surface area contributed by atoms with Crippen molar-refractivity contribution in [3.8, 4) is 0 Å². The molecule has 2 heterocycles. The summed E-state index contributed by atoms with van der Waals surface area (Å²) >= 11 is 5.47. The monoisotopic (exact) mass is 469 g/mol. The van der Waals surface area contributed by atoms with Gasteiger partial charge in [0.1, 0.15) is 12.2 Å². The van der Waals surface area contributed by atoms with E-state index in [9.17, 15) is 9.59 Å². The number of Topliss-reactive ketones (excluding diaryl/α,β-unsaturated/α-hetero) is 1. The van der Waals surface area contributed by atoms with Crippen LogP contribution in [0.15, 0.2) is 42.5 Å². The van der Waals surface area contributed by atoms with Crippen LogP contribution in [-0.2, 0) is 14.2 Å². The number of amides is 1. The highest BCUT2D eigenvalue weighted by Crippen LogP contribution is 2.29. The normalized spacial score (nSPS) is 23.5. The lowest BCUT2D eigenvalue weighted by Crippen LogP contribution is -2.46. The molecular weight excluding hydrogens is 442 g/mol. The summed E-state index contributed by atoms with van der Waals surface area (Å²) in [6.45, 7) is 6.15. The summed E-state index contributed by atoms with van der Waals surface area (Å²) in [6, 6.07) is 12.7. The minimum absolute atomic E-state index is 0.0816. The van der Waals surface area contributed by atoms with Gasteiger partial charge < -0.3 is 24.8 Å². The zero-order chi connectivity index (χ0) is 23.5. The Morgan fingerprint density at radius 2 is 1.70 bits per heavy atom. The summed E-state index contributed by atoms with van der Waals surface area (Å²) in [5.74, 6) is -0.0816. The first-order valence-corrected chi connectivity index (χ1v) is 11.2. The van der Waals surface area contributed by atoms with Gasteiger partial charge in [-0.15, -0.1) is 0 Å². The van der Waals surface area contributed by atoms with Crippen molar-refractivity contribution < 1.29 is 23.8 Å². The van der Waals surface area contributed by atoms with Gasteiger partial charge in [0.15, 0.2) is 17.0 Å². The lowest BCUT2D eigenvalue weighted by atomic mass is 10.1. The Morgan fingerprint density at radius 1 is 0.970 bits per heavy atom. The van der Waals surface area contributed by atoms with Crippen LogP contribution in [0.2, 0.25) is 0 Å². The fourth-order valence-electron chi connectivity index (χ4n) is 4.17. The number of aryl methyl sites for hydroxylation is 2. The van der Waals surface area contributed by atoms with Crippen LogP contribution in [0.5, 0.6) is 0 Å². The minimum Gasteiger partial charge on any atom is -0.441 e. The molecule has 1 amide bonds. The van der Waals surface area contributed by atoms with E-state index in [0.29, 0.717) is 23.0 Å². The summed E-state index contributed by atoms with van der Waals surface area (Å²) in [6.07, 6.45) is -1.85. The lowest BCUT2D eigenvalue weighted by molar-refractivity contribution is 0.00880. The number of nitrogens with one attached hydrogen (secondary N) is 3. The maximum atomic E-state index is 12.4. The topological polar surface area (TPSA) is 97.9 Å². The summed E-state index contributed by atoms with van der Waals surface area (Å²) < 4.78 is 17.3. The maximum Gasteiger partial charge on any atom is 0.412 e. The summed E-state index contributed by atoms with van der Waals surface area (Å²) in [7, 11) is 0. The number of anilines is 2. The third kappa shape index (κ3) is 5.68. The van der Waals surface area contributed by atoms with Crippen molar-refractivity contribution >= 4 is 40.6 Å². The molecule has 3 N–H and O–H groups in total.